The number of tetrazole rings is 1. The van der Waals surface area contributed by atoms with E-state index in [0.29, 0.717) is 11.4 Å². The molecule has 0 bridgehead atoms. The Kier molecular flexibility index (Phi) is 4.79. The van der Waals surface area contributed by atoms with E-state index in [9.17, 15) is 9.59 Å². The van der Waals surface area contributed by atoms with E-state index in [0.717, 1.165) is 0 Å². The highest BCUT2D eigenvalue weighted by Crippen LogP contribution is 2.15. The summed E-state index contributed by atoms with van der Waals surface area (Å²) in [5.41, 5.74) is 1.35. The first kappa shape index (κ1) is 16.3. The van der Waals surface area contributed by atoms with Crippen LogP contribution in [0, 0.1) is 0 Å². The molecule has 1 N–H and O–H groups in total. The molecule has 0 spiro atoms. The molecule has 0 aliphatic heterocycles. The van der Waals surface area contributed by atoms with Gasteiger partial charge in [-0.05, 0) is 41.6 Å². The molecule has 0 saturated heterocycles. The first-order valence-corrected chi connectivity index (χ1v) is 7.54. The van der Waals surface area contributed by atoms with E-state index >= 15 is 0 Å². The van der Waals surface area contributed by atoms with Crippen molar-refractivity contribution in [3.8, 4) is 5.69 Å². The van der Waals surface area contributed by atoms with Crippen molar-refractivity contribution in [2.45, 2.75) is 13.0 Å². The molecule has 0 fully saturated rings. The fourth-order valence-corrected chi connectivity index (χ4v) is 2.16. The molecule has 3 aromatic rings. The zero-order valence-corrected chi connectivity index (χ0v) is 13.4. The molecule has 1 amide bonds. The first-order valence-electron chi connectivity index (χ1n) is 7.54. The third-order valence-corrected chi connectivity index (χ3v) is 3.41. The smallest absolute Gasteiger partial charge is 0.341 e. The van der Waals surface area contributed by atoms with Crippen LogP contribution in [0.25, 0.3) is 5.69 Å². The third kappa shape index (κ3) is 3.86. The summed E-state index contributed by atoms with van der Waals surface area (Å²) < 4.78 is 6.63. The number of esters is 1. The van der Waals surface area contributed by atoms with Crippen LogP contribution in [0.15, 0.2) is 60.9 Å². The number of aromatic nitrogens is 4. The molecular formula is C17H15N5O3. The molecule has 1 unspecified atom stereocenters. The maximum Gasteiger partial charge on any atom is 0.341 e. The van der Waals surface area contributed by atoms with E-state index < -0.39 is 18.0 Å². The quantitative estimate of drug-likeness (QED) is 0.713. The Morgan fingerprint density at radius 3 is 2.52 bits per heavy atom. The van der Waals surface area contributed by atoms with Gasteiger partial charge in [0.1, 0.15) is 6.33 Å². The van der Waals surface area contributed by atoms with Crippen LogP contribution in [0.5, 0.6) is 0 Å². The van der Waals surface area contributed by atoms with Gasteiger partial charge in [0.15, 0.2) is 6.10 Å². The van der Waals surface area contributed by atoms with E-state index in [2.05, 4.69) is 20.8 Å². The van der Waals surface area contributed by atoms with Gasteiger partial charge in [-0.1, -0.05) is 30.3 Å². The van der Waals surface area contributed by atoms with Gasteiger partial charge in [-0.2, -0.15) is 4.68 Å². The lowest BCUT2D eigenvalue weighted by atomic mass is 10.2. The number of rotatable bonds is 5. The van der Waals surface area contributed by atoms with Gasteiger partial charge in [-0.15, -0.1) is 5.10 Å². The number of nitrogens with one attached hydrogen (secondary N) is 1. The molecule has 2 aromatic carbocycles. The highest BCUT2D eigenvalue weighted by Gasteiger charge is 2.21. The van der Waals surface area contributed by atoms with Gasteiger partial charge < -0.3 is 10.1 Å². The van der Waals surface area contributed by atoms with Crippen LogP contribution >= 0.6 is 0 Å². The molecule has 3 rings (SSSR count). The number of hydrogen-bond donors (Lipinski definition) is 1. The standard InChI is InChI=1S/C17H15N5O3/c1-12(16(23)19-13-7-3-2-4-8-13)25-17(24)14-9-5-6-10-15(14)22-11-18-20-21-22/h2-12H,1H3,(H,19,23). The number of benzene rings is 2. The number of hydrogen-bond acceptors (Lipinski definition) is 6. The summed E-state index contributed by atoms with van der Waals surface area (Å²) in [6.07, 6.45) is 0.409. The molecule has 8 heteroatoms. The Hall–Kier alpha value is -3.55. The summed E-state index contributed by atoms with van der Waals surface area (Å²) in [5, 5.41) is 13.6. The van der Waals surface area contributed by atoms with Crippen LogP contribution in [-0.4, -0.2) is 38.2 Å². The van der Waals surface area contributed by atoms with Crippen molar-refractivity contribution in [3.63, 3.8) is 0 Å². The molecular weight excluding hydrogens is 322 g/mol. The lowest BCUT2D eigenvalue weighted by Crippen LogP contribution is -2.30. The van der Waals surface area contributed by atoms with Gasteiger partial charge in [0.05, 0.1) is 11.3 Å². The van der Waals surface area contributed by atoms with Gasteiger partial charge in [0, 0.05) is 5.69 Å². The highest BCUT2D eigenvalue weighted by molar-refractivity contribution is 5.98. The maximum atomic E-state index is 12.4. The summed E-state index contributed by atoms with van der Waals surface area (Å²) >= 11 is 0. The van der Waals surface area contributed by atoms with Crippen molar-refractivity contribution in [3.05, 3.63) is 66.5 Å². The lowest BCUT2D eigenvalue weighted by molar-refractivity contribution is -0.123. The summed E-state index contributed by atoms with van der Waals surface area (Å²) in [7, 11) is 0. The topological polar surface area (TPSA) is 99.0 Å². The predicted octanol–water partition coefficient (Wildman–Crippen LogP) is 1.85. The van der Waals surface area contributed by atoms with Crippen LogP contribution in [0.2, 0.25) is 0 Å². The normalized spacial score (nSPS) is 11.6. The second-order valence-corrected chi connectivity index (χ2v) is 5.17. The van der Waals surface area contributed by atoms with Gasteiger partial charge in [-0.25, -0.2) is 4.79 Å². The summed E-state index contributed by atoms with van der Waals surface area (Å²) in [6.45, 7) is 1.51. The van der Waals surface area contributed by atoms with Gasteiger partial charge >= 0.3 is 5.97 Å². The summed E-state index contributed by atoms with van der Waals surface area (Å²) in [4.78, 5) is 24.6. The molecule has 1 heterocycles. The lowest BCUT2D eigenvalue weighted by Gasteiger charge is -2.14. The molecule has 126 valence electrons. The minimum Gasteiger partial charge on any atom is -0.449 e. The monoisotopic (exact) mass is 337 g/mol. The Bertz CT molecular complexity index is 865. The fourth-order valence-electron chi connectivity index (χ4n) is 2.16. The number of carbonyl (C=O) groups is 2. The van der Waals surface area contributed by atoms with E-state index in [1.165, 1.54) is 17.9 Å². The van der Waals surface area contributed by atoms with E-state index in [1.54, 1.807) is 48.5 Å². The van der Waals surface area contributed by atoms with Gasteiger partial charge in [-0.3, -0.25) is 4.79 Å². The number of para-hydroxylation sites is 2. The molecule has 1 atom stereocenters. The number of amides is 1. The maximum absolute atomic E-state index is 12.4. The van der Waals surface area contributed by atoms with Crippen molar-refractivity contribution in [2.24, 2.45) is 0 Å². The number of anilines is 1. The number of ether oxygens (including phenoxy) is 1. The molecule has 1 aromatic heterocycles. The SMILES string of the molecule is CC(OC(=O)c1ccccc1-n1cnnn1)C(=O)Nc1ccccc1. The minimum atomic E-state index is -0.963. The third-order valence-electron chi connectivity index (χ3n) is 3.41. The Balaban J connectivity index is 1.71. The highest BCUT2D eigenvalue weighted by atomic mass is 16.5. The molecule has 8 nitrogen and oxygen atoms in total. The van der Waals surface area contributed by atoms with Crippen LogP contribution in [-0.2, 0) is 9.53 Å². The summed E-state index contributed by atoms with van der Waals surface area (Å²) in [6, 6.07) is 15.7. The Morgan fingerprint density at radius 2 is 1.80 bits per heavy atom. The van der Waals surface area contributed by atoms with Crippen molar-refractivity contribution in [1.82, 2.24) is 20.2 Å². The van der Waals surface area contributed by atoms with Crippen molar-refractivity contribution in [2.75, 3.05) is 5.32 Å². The molecule has 0 radical (unpaired) electrons. The average molecular weight is 337 g/mol. The second kappa shape index (κ2) is 7.35. The number of carbonyl (C=O) groups excluding carboxylic acids is 2. The summed E-state index contributed by atoms with van der Waals surface area (Å²) in [5.74, 6) is -1.05. The Morgan fingerprint density at radius 1 is 1.08 bits per heavy atom. The van der Waals surface area contributed by atoms with Crippen molar-refractivity contribution in [1.29, 1.82) is 0 Å². The predicted molar refractivity (Wildman–Crippen MR) is 89.1 cm³/mol. The largest absolute Gasteiger partial charge is 0.449 e. The van der Waals surface area contributed by atoms with E-state index in [4.69, 9.17) is 4.74 Å². The molecule has 0 saturated carbocycles. The van der Waals surface area contributed by atoms with Crippen LogP contribution in [0.3, 0.4) is 0 Å². The van der Waals surface area contributed by atoms with Crippen molar-refractivity contribution < 1.29 is 14.3 Å². The second-order valence-electron chi connectivity index (χ2n) is 5.17. The van der Waals surface area contributed by atoms with E-state index in [-0.39, 0.29) is 5.56 Å². The van der Waals surface area contributed by atoms with Crippen LogP contribution in [0.1, 0.15) is 17.3 Å². The van der Waals surface area contributed by atoms with Crippen LogP contribution in [0.4, 0.5) is 5.69 Å². The minimum absolute atomic E-state index is 0.258. The Labute approximate surface area is 143 Å². The van der Waals surface area contributed by atoms with E-state index in [1.807, 2.05) is 6.07 Å². The first-order chi connectivity index (χ1) is 12.1. The van der Waals surface area contributed by atoms with Gasteiger partial charge in [0.2, 0.25) is 0 Å². The van der Waals surface area contributed by atoms with Crippen molar-refractivity contribution >= 4 is 17.6 Å². The molecule has 0 aliphatic carbocycles. The van der Waals surface area contributed by atoms with Gasteiger partial charge in [0.25, 0.3) is 5.91 Å². The van der Waals surface area contributed by atoms with Crippen LogP contribution < -0.4 is 5.32 Å². The zero-order valence-electron chi connectivity index (χ0n) is 13.4. The average Bonchev–Trinajstić information content (AvgIpc) is 3.17. The molecule has 25 heavy (non-hydrogen) atoms. The number of nitrogens with zero attached hydrogens (tertiary/aromatic N) is 4. The molecule has 0 aliphatic rings. The fraction of sp³-hybridized carbons (Fsp3) is 0.118. The zero-order chi connectivity index (χ0) is 17.6.